The van der Waals surface area contributed by atoms with Gasteiger partial charge < -0.3 is 20.4 Å². The molecule has 3 N–H and O–H groups in total. The molecule has 11 nitrogen and oxygen atoms in total. The highest BCUT2D eigenvalue weighted by Gasteiger charge is 2.39. The second-order valence-corrected chi connectivity index (χ2v) is 7.75. The number of hydrogen-bond acceptors (Lipinski definition) is 8. The standard InChI is InChI=1S/C21H21FN8O3/c1-10-21(33-11(2)25-10)29-6-4-5-14(20(29)32)26-16-8-17(23-3)30-18(28-16)12(9-24-30)19(31)27-15-7-13(15)22/h4-6,8-9,13,15,23H,7H2,1-3H3,(H,26,28)(H,27,31)/t13-,15+/m0/s1. The second kappa shape index (κ2) is 7.73. The van der Waals surface area contributed by atoms with Gasteiger partial charge >= 0.3 is 0 Å². The van der Waals surface area contributed by atoms with Crippen molar-refractivity contribution in [2.75, 3.05) is 17.7 Å². The lowest BCUT2D eigenvalue weighted by molar-refractivity contribution is 0.0949. The van der Waals surface area contributed by atoms with E-state index in [4.69, 9.17) is 4.42 Å². The molecule has 1 saturated carbocycles. The summed E-state index contributed by atoms with van der Waals surface area (Å²) in [6.45, 7) is 3.46. The molecule has 0 aromatic carbocycles. The molecule has 2 atom stereocenters. The van der Waals surface area contributed by atoms with Gasteiger partial charge in [0, 0.05) is 32.7 Å². The summed E-state index contributed by atoms with van der Waals surface area (Å²) in [6, 6.07) is 4.48. The number of fused-ring (bicyclic) bond motifs is 1. The van der Waals surface area contributed by atoms with E-state index in [9.17, 15) is 14.0 Å². The van der Waals surface area contributed by atoms with E-state index in [1.54, 1.807) is 45.3 Å². The van der Waals surface area contributed by atoms with Crippen LogP contribution in [0.1, 0.15) is 28.4 Å². The van der Waals surface area contributed by atoms with Gasteiger partial charge in [-0.2, -0.15) is 9.61 Å². The first-order valence-electron chi connectivity index (χ1n) is 10.3. The number of nitrogens with one attached hydrogen (secondary N) is 3. The smallest absolute Gasteiger partial charge is 0.281 e. The Labute approximate surface area is 186 Å². The van der Waals surface area contributed by atoms with Gasteiger partial charge in [0.1, 0.15) is 34.8 Å². The SMILES string of the molecule is CNc1cc(Nc2cccn(-c3oc(C)nc3C)c2=O)nc2c(C(=O)N[C@@H]3C[C@@H]3F)cnn12. The van der Waals surface area contributed by atoms with Crippen LogP contribution in [0, 0.1) is 13.8 Å². The Balaban J connectivity index is 1.52. The minimum atomic E-state index is -1.02. The van der Waals surface area contributed by atoms with Crippen molar-refractivity contribution in [2.24, 2.45) is 0 Å². The van der Waals surface area contributed by atoms with Gasteiger partial charge in [0.2, 0.25) is 5.88 Å². The minimum Gasteiger partial charge on any atom is -0.424 e. The number of pyridine rings is 1. The van der Waals surface area contributed by atoms with Gasteiger partial charge in [-0.25, -0.2) is 14.4 Å². The average Bonchev–Trinajstić information content (AvgIpc) is 3.16. The summed E-state index contributed by atoms with van der Waals surface area (Å²) in [6.07, 6.45) is 2.25. The quantitative estimate of drug-likeness (QED) is 0.405. The van der Waals surface area contributed by atoms with Crippen LogP contribution in [0.4, 0.5) is 21.7 Å². The Hall–Kier alpha value is -4.22. The summed E-state index contributed by atoms with van der Waals surface area (Å²) < 4.78 is 21.6. The summed E-state index contributed by atoms with van der Waals surface area (Å²) in [5.74, 6) is 1.18. The molecule has 0 saturated heterocycles. The molecule has 4 aromatic heterocycles. The normalized spacial score (nSPS) is 17.2. The van der Waals surface area contributed by atoms with Gasteiger partial charge in [0.05, 0.1) is 12.2 Å². The molecule has 0 bridgehead atoms. The molecule has 0 radical (unpaired) electrons. The molecular formula is C21H21FN8O3. The van der Waals surface area contributed by atoms with Crippen LogP contribution in [-0.2, 0) is 0 Å². The van der Waals surface area contributed by atoms with Gasteiger partial charge in [-0.3, -0.25) is 14.2 Å². The molecular weight excluding hydrogens is 431 g/mol. The molecule has 1 aliphatic rings. The van der Waals surface area contributed by atoms with Crippen LogP contribution in [-0.4, -0.2) is 49.3 Å². The van der Waals surface area contributed by atoms with Crippen LogP contribution in [0.3, 0.4) is 0 Å². The van der Waals surface area contributed by atoms with Gasteiger partial charge in [-0.05, 0) is 19.1 Å². The van der Waals surface area contributed by atoms with E-state index >= 15 is 0 Å². The minimum absolute atomic E-state index is 0.201. The number of carbonyl (C=O) groups excluding carboxylic acids is 1. The zero-order valence-corrected chi connectivity index (χ0v) is 18.1. The second-order valence-electron chi connectivity index (χ2n) is 7.75. The van der Waals surface area contributed by atoms with Crippen molar-refractivity contribution in [3.8, 4) is 5.88 Å². The van der Waals surface area contributed by atoms with Gasteiger partial charge in [-0.1, -0.05) is 0 Å². The fraction of sp³-hybridized carbons (Fsp3) is 0.286. The fourth-order valence-corrected chi connectivity index (χ4v) is 3.56. The molecule has 1 aliphatic carbocycles. The van der Waals surface area contributed by atoms with Crippen molar-refractivity contribution >= 4 is 28.9 Å². The third-order valence-corrected chi connectivity index (χ3v) is 5.31. The molecule has 1 fully saturated rings. The number of alkyl halides is 1. The van der Waals surface area contributed by atoms with E-state index in [2.05, 4.69) is 31.0 Å². The lowest BCUT2D eigenvalue weighted by Crippen LogP contribution is -2.27. The molecule has 4 aromatic rings. The number of aryl methyl sites for hydroxylation is 2. The first-order valence-corrected chi connectivity index (χ1v) is 10.3. The van der Waals surface area contributed by atoms with Gasteiger partial charge in [0.25, 0.3) is 11.5 Å². The highest BCUT2D eigenvalue weighted by molar-refractivity contribution is 6.00. The first kappa shape index (κ1) is 20.7. The van der Waals surface area contributed by atoms with E-state index in [0.29, 0.717) is 35.5 Å². The molecule has 5 rings (SSSR count). The van der Waals surface area contributed by atoms with Crippen LogP contribution in [0.15, 0.2) is 39.8 Å². The summed E-state index contributed by atoms with van der Waals surface area (Å²) in [7, 11) is 1.70. The van der Waals surface area contributed by atoms with Crippen molar-refractivity contribution in [3.63, 3.8) is 0 Å². The number of rotatable bonds is 6. The number of anilines is 3. The highest BCUT2D eigenvalue weighted by atomic mass is 19.1. The Morgan fingerprint density at radius 3 is 2.76 bits per heavy atom. The monoisotopic (exact) mass is 452 g/mol. The van der Waals surface area contributed by atoms with E-state index in [1.807, 2.05) is 0 Å². The van der Waals surface area contributed by atoms with Gasteiger partial charge in [-0.15, -0.1) is 0 Å². The van der Waals surface area contributed by atoms with Crippen molar-refractivity contribution in [1.82, 2.24) is 29.5 Å². The molecule has 4 heterocycles. The summed E-state index contributed by atoms with van der Waals surface area (Å²) in [4.78, 5) is 34.4. The Kier molecular flexibility index (Phi) is 4.84. The van der Waals surface area contributed by atoms with Crippen LogP contribution in [0.25, 0.3) is 11.5 Å². The highest BCUT2D eigenvalue weighted by Crippen LogP contribution is 2.26. The predicted octanol–water partition coefficient (Wildman–Crippen LogP) is 2.11. The molecule has 33 heavy (non-hydrogen) atoms. The van der Waals surface area contributed by atoms with Crippen molar-refractivity contribution in [3.05, 3.63) is 58.1 Å². The van der Waals surface area contributed by atoms with Crippen LogP contribution in [0.2, 0.25) is 0 Å². The van der Waals surface area contributed by atoms with Crippen LogP contribution < -0.4 is 21.5 Å². The van der Waals surface area contributed by atoms with Gasteiger partial charge in [0.15, 0.2) is 11.5 Å². The van der Waals surface area contributed by atoms with E-state index in [1.165, 1.54) is 15.3 Å². The third-order valence-electron chi connectivity index (χ3n) is 5.31. The van der Waals surface area contributed by atoms with Crippen LogP contribution in [0.5, 0.6) is 0 Å². The number of carbonyl (C=O) groups is 1. The molecule has 0 unspecified atom stereocenters. The van der Waals surface area contributed by atoms with Crippen molar-refractivity contribution in [2.45, 2.75) is 32.5 Å². The van der Waals surface area contributed by atoms with E-state index in [0.717, 1.165) is 0 Å². The number of nitrogens with zero attached hydrogens (tertiary/aromatic N) is 5. The van der Waals surface area contributed by atoms with E-state index < -0.39 is 18.1 Å². The molecule has 1 amide bonds. The summed E-state index contributed by atoms with van der Waals surface area (Å²) >= 11 is 0. The fourth-order valence-electron chi connectivity index (χ4n) is 3.56. The predicted molar refractivity (Wildman–Crippen MR) is 118 cm³/mol. The van der Waals surface area contributed by atoms with Crippen molar-refractivity contribution < 1.29 is 13.6 Å². The summed E-state index contributed by atoms with van der Waals surface area (Å²) in [5, 5.41) is 12.8. The number of amides is 1. The zero-order chi connectivity index (χ0) is 23.3. The molecule has 0 aliphatic heterocycles. The number of oxazole rings is 1. The average molecular weight is 452 g/mol. The molecule has 170 valence electrons. The van der Waals surface area contributed by atoms with Crippen LogP contribution >= 0.6 is 0 Å². The maximum Gasteiger partial charge on any atom is 0.281 e. The number of hydrogen-bond donors (Lipinski definition) is 3. The topological polar surface area (TPSA) is 131 Å². The largest absolute Gasteiger partial charge is 0.424 e. The Bertz CT molecular complexity index is 1440. The zero-order valence-electron chi connectivity index (χ0n) is 18.1. The third kappa shape index (κ3) is 3.69. The maximum atomic E-state index is 13.2. The molecule has 0 spiro atoms. The lowest BCUT2D eigenvalue weighted by Gasteiger charge is -2.11. The van der Waals surface area contributed by atoms with E-state index in [-0.39, 0.29) is 22.5 Å². The first-order chi connectivity index (χ1) is 15.9. The number of halogens is 1. The Morgan fingerprint density at radius 1 is 1.30 bits per heavy atom. The van der Waals surface area contributed by atoms with Crippen molar-refractivity contribution in [1.29, 1.82) is 0 Å². The maximum absolute atomic E-state index is 13.2. The lowest BCUT2D eigenvalue weighted by atomic mass is 10.3. The number of aromatic nitrogens is 5. The summed E-state index contributed by atoms with van der Waals surface area (Å²) in [5.41, 5.74) is 0.931. The Morgan fingerprint density at radius 2 is 2.09 bits per heavy atom. The molecule has 12 heteroatoms.